The lowest BCUT2D eigenvalue weighted by atomic mass is 10.2. The number of nitrogens with one attached hydrogen (secondary N) is 3. The van der Waals surface area contributed by atoms with Gasteiger partial charge in [-0.15, -0.1) is 0 Å². The highest BCUT2D eigenvalue weighted by Gasteiger charge is 2.38. The quantitative estimate of drug-likeness (QED) is 0.670. The maximum atomic E-state index is 12.2. The summed E-state index contributed by atoms with van der Waals surface area (Å²) >= 11 is 0. The van der Waals surface area contributed by atoms with E-state index in [1.165, 1.54) is 12.1 Å². The summed E-state index contributed by atoms with van der Waals surface area (Å²) in [6.07, 6.45) is -2.49. The topological polar surface area (TPSA) is 70.2 Å². The van der Waals surface area contributed by atoms with Crippen LogP contribution in [0, 0.1) is 0 Å². The minimum atomic E-state index is -4.91. The van der Waals surface area contributed by atoms with Crippen LogP contribution in [0.5, 0.6) is 0 Å². The van der Waals surface area contributed by atoms with Crippen molar-refractivity contribution in [2.75, 3.05) is 11.9 Å². The fraction of sp³-hybridized carbons (Fsp3) is 0.467. The van der Waals surface area contributed by atoms with Crippen LogP contribution in [0.1, 0.15) is 24.8 Å². The third-order valence-electron chi connectivity index (χ3n) is 3.24. The molecule has 3 N–H and O–H groups in total. The Labute approximate surface area is 131 Å². The molecule has 1 aromatic rings. The van der Waals surface area contributed by atoms with Crippen molar-refractivity contribution in [1.82, 2.24) is 10.6 Å². The molecule has 0 aromatic heterocycles. The Morgan fingerprint density at radius 3 is 2.61 bits per heavy atom. The zero-order chi connectivity index (χ0) is 16.9. The Hall–Kier alpha value is -2.09. The van der Waals surface area contributed by atoms with Crippen LogP contribution in [-0.2, 0) is 16.1 Å². The smallest absolute Gasteiger partial charge is 0.353 e. The largest absolute Gasteiger partial charge is 0.471 e. The van der Waals surface area contributed by atoms with Gasteiger partial charge in [0.1, 0.15) is 0 Å². The molecule has 0 bridgehead atoms. The molecule has 0 spiro atoms. The molecule has 126 valence electrons. The fourth-order valence-corrected chi connectivity index (χ4v) is 1.92. The predicted molar refractivity (Wildman–Crippen MR) is 78.6 cm³/mol. The van der Waals surface area contributed by atoms with Crippen molar-refractivity contribution in [3.8, 4) is 0 Å². The van der Waals surface area contributed by atoms with Crippen LogP contribution in [0.15, 0.2) is 24.3 Å². The van der Waals surface area contributed by atoms with Crippen molar-refractivity contribution in [2.45, 2.75) is 38.0 Å². The van der Waals surface area contributed by atoms with Gasteiger partial charge < -0.3 is 16.0 Å². The fourth-order valence-electron chi connectivity index (χ4n) is 1.92. The summed E-state index contributed by atoms with van der Waals surface area (Å²) in [4.78, 5) is 22.3. The van der Waals surface area contributed by atoms with Gasteiger partial charge in [-0.1, -0.05) is 12.1 Å². The van der Waals surface area contributed by atoms with Crippen LogP contribution in [0.4, 0.5) is 18.9 Å². The van der Waals surface area contributed by atoms with E-state index in [9.17, 15) is 22.8 Å². The molecule has 0 heterocycles. The van der Waals surface area contributed by atoms with Gasteiger partial charge in [-0.05, 0) is 30.5 Å². The minimum absolute atomic E-state index is 0.00816. The first-order valence-electron chi connectivity index (χ1n) is 7.32. The average molecular weight is 329 g/mol. The predicted octanol–water partition coefficient (Wildman–Crippen LogP) is 1.95. The second-order valence-electron chi connectivity index (χ2n) is 5.42. The van der Waals surface area contributed by atoms with E-state index in [4.69, 9.17) is 0 Å². The van der Waals surface area contributed by atoms with Crippen molar-refractivity contribution >= 4 is 17.5 Å². The highest BCUT2D eigenvalue weighted by molar-refractivity contribution is 5.94. The van der Waals surface area contributed by atoms with E-state index in [-0.39, 0.29) is 11.6 Å². The van der Waals surface area contributed by atoms with E-state index < -0.39 is 12.1 Å². The molecule has 2 amide bonds. The number of anilines is 1. The summed E-state index contributed by atoms with van der Waals surface area (Å²) in [5.41, 5.74) is 0.797. The molecule has 0 unspecified atom stereocenters. The molecule has 1 aromatic carbocycles. The van der Waals surface area contributed by atoms with Gasteiger partial charge in [-0.2, -0.15) is 13.2 Å². The summed E-state index contributed by atoms with van der Waals surface area (Å²) < 4.78 is 36.6. The molecule has 0 radical (unpaired) electrons. The molecule has 0 aliphatic heterocycles. The molecule has 1 aliphatic rings. The molecule has 1 fully saturated rings. The van der Waals surface area contributed by atoms with Gasteiger partial charge in [0.05, 0.1) is 0 Å². The Morgan fingerprint density at radius 1 is 1.22 bits per heavy atom. The van der Waals surface area contributed by atoms with Gasteiger partial charge in [0.2, 0.25) is 5.91 Å². The highest BCUT2D eigenvalue weighted by Crippen LogP contribution is 2.19. The Kier molecular flexibility index (Phi) is 5.59. The standard InChI is InChI=1S/C15H18F3N3O2/c16-15(17,18)14(23)21-12-3-1-2-10(8-12)9-19-7-6-13(22)20-11-4-5-11/h1-3,8,11,19H,4-7,9H2,(H,20,22)(H,21,23). The molecule has 2 rings (SSSR count). The molecule has 1 saturated carbocycles. The van der Waals surface area contributed by atoms with Crippen LogP contribution in [0.25, 0.3) is 0 Å². The molecule has 0 saturated heterocycles. The second-order valence-corrected chi connectivity index (χ2v) is 5.42. The maximum Gasteiger partial charge on any atom is 0.471 e. The highest BCUT2D eigenvalue weighted by atomic mass is 19.4. The normalized spacial score (nSPS) is 14.4. The van der Waals surface area contributed by atoms with Gasteiger partial charge in [0.25, 0.3) is 0 Å². The van der Waals surface area contributed by atoms with Crippen molar-refractivity contribution < 1.29 is 22.8 Å². The van der Waals surface area contributed by atoms with Crippen molar-refractivity contribution in [3.05, 3.63) is 29.8 Å². The first-order valence-corrected chi connectivity index (χ1v) is 7.32. The summed E-state index contributed by atoms with van der Waals surface area (Å²) in [6, 6.07) is 6.46. The number of carbonyl (C=O) groups is 2. The second kappa shape index (κ2) is 7.45. The van der Waals surface area contributed by atoms with E-state index in [1.54, 1.807) is 17.4 Å². The molecule has 0 atom stereocenters. The third-order valence-corrected chi connectivity index (χ3v) is 3.24. The number of carbonyl (C=O) groups excluding carboxylic acids is 2. The molecule has 23 heavy (non-hydrogen) atoms. The summed E-state index contributed by atoms with van der Waals surface area (Å²) in [6.45, 7) is 0.865. The van der Waals surface area contributed by atoms with E-state index in [1.807, 2.05) is 0 Å². The zero-order valence-corrected chi connectivity index (χ0v) is 12.4. The maximum absolute atomic E-state index is 12.2. The minimum Gasteiger partial charge on any atom is -0.353 e. The van der Waals surface area contributed by atoms with E-state index in [2.05, 4.69) is 10.6 Å². The van der Waals surface area contributed by atoms with Crippen molar-refractivity contribution in [1.29, 1.82) is 0 Å². The van der Waals surface area contributed by atoms with Crippen LogP contribution in [-0.4, -0.2) is 30.6 Å². The van der Waals surface area contributed by atoms with Crippen molar-refractivity contribution in [3.63, 3.8) is 0 Å². The number of halogens is 3. The first-order chi connectivity index (χ1) is 10.8. The number of benzene rings is 1. The lowest BCUT2D eigenvalue weighted by Crippen LogP contribution is -2.30. The van der Waals surface area contributed by atoms with Gasteiger partial charge in [0.15, 0.2) is 0 Å². The number of hydrogen-bond donors (Lipinski definition) is 3. The Morgan fingerprint density at radius 2 is 1.96 bits per heavy atom. The molecule has 1 aliphatic carbocycles. The van der Waals surface area contributed by atoms with Crippen LogP contribution >= 0.6 is 0 Å². The number of rotatable bonds is 7. The number of amides is 2. The van der Waals surface area contributed by atoms with Gasteiger partial charge in [-0.25, -0.2) is 0 Å². The van der Waals surface area contributed by atoms with E-state index in [0.717, 1.165) is 12.8 Å². The summed E-state index contributed by atoms with van der Waals surface area (Å²) in [7, 11) is 0. The number of alkyl halides is 3. The van der Waals surface area contributed by atoms with Crippen LogP contribution in [0.3, 0.4) is 0 Å². The molecular formula is C15H18F3N3O2. The Bertz CT molecular complexity index is 571. The van der Waals surface area contributed by atoms with E-state index in [0.29, 0.717) is 31.1 Å². The van der Waals surface area contributed by atoms with Gasteiger partial charge in [-0.3, -0.25) is 9.59 Å². The average Bonchev–Trinajstić information content (AvgIpc) is 3.27. The van der Waals surface area contributed by atoms with Crippen LogP contribution < -0.4 is 16.0 Å². The monoisotopic (exact) mass is 329 g/mol. The molecular weight excluding hydrogens is 311 g/mol. The first kappa shape index (κ1) is 17.3. The molecule has 8 heteroatoms. The van der Waals surface area contributed by atoms with Crippen LogP contribution in [0.2, 0.25) is 0 Å². The van der Waals surface area contributed by atoms with Gasteiger partial charge in [0, 0.05) is 31.2 Å². The Balaban J connectivity index is 1.73. The summed E-state index contributed by atoms with van der Waals surface area (Å²) in [5.74, 6) is -2.01. The molecule has 5 nitrogen and oxygen atoms in total. The van der Waals surface area contributed by atoms with Crippen molar-refractivity contribution in [2.24, 2.45) is 0 Å². The van der Waals surface area contributed by atoms with E-state index >= 15 is 0 Å². The summed E-state index contributed by atoms with van der Waals surface area (Å²) in [5, 5.41) is 7.71. The third kappa shape index (κ3) is 6.27. The lowest BCUT2D eigenvalue weighted by Gasteiger charge is -2.10. The lowest BCUT2D eigenvalue weighted by molar-refractivity contribution is -0.167. The SMILES string of the molecule is O=C(CCNCc1cccc(NC(=O)C(F)(F)F)c1)NC1CC1. The van der Waals surface area contributed by atoms with Gasteiger partial charge >= 0.3 is 12.1 Å². The number of hydrogen-bond acceptors (Lipinski definition) is 3. The zero-order valence-electron chi connectivity index (χ0n) is 12.4.